The maximum atomic E-state index is 13.1. The Labute approximate surface area is 153 Å². The summed E-state index contributed by atoms with van der Waals surface area (Å²) >= 11 is 0. The van der Waals surface area contributed by atoms with E-state index in [2.05, 4.69) is 10.6 Å². The smallest absolute Gasteiger partial charge is 0.325 e. The second-order valence-electron chi connectivity index (χ2n) is 7.12. The molecular formula is C19H26N4O3. The molecule has 3 rings (SSSR count). The van der Waals surface area contributed by atoms with Crippen LogP contribution in [0.1, 0.15) is 44.2 Å². The van der Waals surface area contributed by atoms with E-state index in [9.17, 15) is 14.4 Å². The molecule has 26 heavy (non-hydrogen) atoms. The minimum Gasteiger partial charge on any atom is -0.348 e. The van der Waals surface area contributed by atoms with Gasteiger partial charge in [-0.2, -0.15) is 0 Å². The summed E-state index contributed by atoms with van der Waals surface area (Å²) in [6.45, 7) is 3.92. The van der Waals surface area contributed by atoms with Gasteiger partial charge in [-0.15, -0.1) is 0 Å². The second kappa shape index (κ2) is 6.72. The van der Waals surface area contributed by atoms with Crippen LogP contribution in [0.3, 0.4) is 0 Å². The van der Waals surface area contributed by atoms with Crippen molar-refractivity contribution in [1.82, 2.24) is 15.5 Å². The van der Waals surface area contributed by atoms with E-state index in [-0.39, 0.29) is 18.4 Å². The van der Waals surface area contributed by atoms with E-state index in [1.54, 1.807) is 0 Å². The summed E-state index contributed by atoms with van der Waals surface area (Å²) in [5, 5.41) is 5.74. The summed E-state index contributed by atoms with van der Waals surface area (Å²) in [7, 11) is 0. The van der Waals surface area contributed by atoms with Crippen LogP contribution in [0, 0.1) is 0 Å². The van der Waals surface area contributed by atoms with Crippen molar-refractivity contribution in [3.63, 3.8) is 0 Å². The third-order valence-electron chi connectivity index (χ3n) is 5.87. The molecule has 1 heterocycles. The summed E-state index contributed by atoms with van der Waals surface area (Å²) < 4.78 is 0. The summed E-state index contributed by atoms with van der Waals surface area (Å²) in [4.78, 5) is 39.0. The van der Waals surface area contributed by atoms with E-state index in [0.29, 0.717) is 25.8 Å². The number of hydrogen-bond donors (Lipinski definition) is 3. The van der Waals surface area contributed by atoms with Gasteiger partial charge < -0.3 is 16.4 Å². The van der Waals surface area contributed by atoms with Crippen LogP contribution in [-0.2, 0) is 21.5 Å². The molecule has 2 aliphatic rings. The number of hydrogen-bond acceptors (Lipinski definition) is 4. The molecule has 7 heteroatoms. The average molecular weight is 358 g/mol. The van der Waals surface area contributed by atoms with E-state index in [1.807, 2.05) is 38.1 Å². The number of amides is 4. The topological polar surface area (TPSA) is 105 Å². The highest BCUT2D eigenvalue weighted by Gasteiger charge is 2.55. The van der Waals surface area contributed by atoms with Crippen LogP contribution in [0.15, 0.2) is 24.3 Å². The van der Waals surface area contributed by atoms with Gasteiger partial charge in [0.1, 0.15) is 12.1 Å². The first-order chi connectivity index (χ1) is 12.4. The first-order valence-corrected chi connectivity index (χ1v) is 9.15. The number of carbonyl (C=O) groups excluding carboxylic acids is 3. The van der Waals surface area contributed by atoms with E-state index in [4.69, 9.17) is 5.73 Å². The minimum atomic E-state index is -1.03. The first-order valence-electron chi connectivity index (χ1n) is 9.15. The van der Waals surface area contributed by atoms with E-state index < -0.39 is 17.1 Å². The molecule has 1 fully saturated rings. The number of benzene rings is 1. The van der Waals surface area contributed by atoms with Crippen molar-refractivity contribution in [3.8, 4) is 0 Å². The highest BCUT2D eigenvalue weighted by molar-refractivity contribution is 6.09. The number of nitrogens with one attached hydrogen (secondary N) is 2. The highest BCUT2D eigenvalue weighted by Crippen LogP contribution is 2.41. The van der Waals surface area contributed by atoms with Crippen LogP contribution in [0.5, 0.6) is 0 Å². The summed E-state index contributed by atoms with van der Waals surface area (Å²) in [6, 6.07) is 7.10. The zero-order valence-corrected chi connectivity index (χ0v) is 15.3. The van der Waals surface area contributed by atoms with E-state index in [1.165, 1.54) is 0 Å². The molecule has 1 saturated heterocycles. The number of fused-ring (bicyclic) bond motifs is 2. The van der Waals surface area contributed by atoms with Gasteiger partial charge in [0.2, 0.25) is 5.91 Å². The lowest BCUT2D eigenvalue weighted by Crippen LogP contribution is -2.55. The normalized spacial score (nSPS) is 21.9. The standard InChI is InChI=1S/C19H26N4O3/c1-3-18(4-2,12-20)21-15(24)11-23-16(25)19(22-17(23)26)10-9-13-7-5-6-8-14(13)19/h5-8H,3-4,9-12,20H2,1-2H3,(H,21,24)(H,22,26). The lowest BCUT2D eigenvalue weighted by molar-refractivity contribution is -0.135. The lowest BCUT2D eigenvalue weighted by atomic mass is 9.91. The van der Waals surface area contributed by atoms with Gasteiger partial charge in [0.25, 0.3) is 5.91 Å². The Kier molecular flexibility index (Phi) is 4.75. The fraction of sp³-hybridized carbons (Fsp3) is 0.526. The van der Waals surface area contributed by atoms with Gasteiger partial charge in [0.15, 0.2) is 0 Å². The minimum absolute atomic E-state index is 0.295. The molecule has 1 aliphatic heterocycles. The van der Waals surface area contributed by atoms with Crippen molar-refractivity contribution in [3.05, 3.63) is 35.4 Å². The summed E-state index contributed by atoms with van der Waals surface area (Å²) in [5.74, 6) is -0.722. The van der Waals surface area contributed by atoms with Gasteiger partial charge in [-0.1, -0.05) is 38.1 Å². The molecule has 0 aromatic heterocycles. The fourth-order valence-corrected chi connectivity index (χ4v) is 3.98. The van der Waals surface area contributed by atoms with Crippen molar-refractivity contribution in [2.24, 2.45) is 5.73 Å². The first kappa shape index (κ1) is 18.4. The lowest BCUT2D eigenvalue weighted by Gasteiger charge is -2.32. The molecule has 1 aromatic carbocycles. The van der Waals surface area contributed by atoms with Gasteiger partial charge >= 0.3 is 6.03 Å². The van der Waals surface area contributed by atoms with Crippen LogP contribution in [0.25, 0.3) is 0 Å². The van der Waals surface area contributed by atoms with E-state index in [0.717, 1.165) is 22.4 Å². The van der Waals surface area contributed by atoms with Crippen molar-refractivity contribution in [2.75, 3.05) is 13.1 Å². The molecule has 0 saturated carbocycles. The molecule has 0 bridgehead atoms. The highest BCUT2D eigenvalue weighted by atomic mass is 16.2. The van der Waals surface area contributed by atoms with Crippen LogP contribution in [-0.4, -0.2) is 41.4 Å². The monoisotopic (exact) mass is 358 g/mol. The third kappa shape index (κ3) is 2.76. The molecule has 1 atom stereocenters. The Bertz CT molecular complexity index is 736. The molecule has 7 nitrogen and oxygen atoms in total. The summed E-state index contributed by atoms with van der Waals surface area (Å²) in [5.41, 5.74) is 6.17. The average Bonchev–Trinajstić information content (AvgIpc) is 3.14. The fourth-order valence-electron chi connectivity index (χ4n) is 3.98. The Morgan fingerprint density at radius 2 is 2.00 bits per heavy atom. The molecule has 1 unspecified atom stereocenters. The van der Waals surface area contributed by atoms with E-state index >= 15 is 0 Å². The SMILES string of the molecule is CCC(CC)(CN)NC(=O)CN1C(=O)NC2(CCc3ccccc32)C1=O. The van der Waals surface area contributed by atoms with Gasteiger partial charge in [0.05, 0.1) is 5.54 Å². The molecule has 1 aliphatic carbocycles. The van der Waals surface area contributed by atoms with Crippen molar-refractivity contribution < 1.29 is 14.4 Å². The number of nitrogens with zero attached hydrogens (tertiary/aromatic N) is 1. The maximum Gasteiger partial charge on any atom is 0.325 e. The molecule has 0 radical (unpaired) electrons. The van der Waals surface area contributed by atoms with Crippen LogP contribution in [0.4, 0.5) is 4.79 Å². The van der Waals surface area contributed by atoms with Crippen molar-refractivity contribution >= 4 is 17.8 Å². The van der Waals surface area contributed by atoms with Crippen LogP contribution >= 0.6 is 0 Å². The van der Waals surface area contributed by atoms with Gasteiger partial charge in [-0.25, -0.2) is 4.79 Å². The predicted molar refractivity (Wildman–Crippen MR) is 97.2 cm³/mol. The van der Waals surface area contributed by atoms with Gasteiger partial charge in [0, 0.05) is 6.54 Å². The number of aryl methyl sites for hydroxylation is 1. The molecular weight excluding hydrogens is 332 g/mol. The molecule has 4 N–H and O–H groups in total. The molecule has 1 aromatic rings. The number of nitrogens with two attached hydrogens (primary N) is 1. The number of urea groups is 1. The van der Waals surface area contributed by atoms with Crippen LogP contribution < -0.4 is 16.4 Å². The number of rotatable bonds is 6. The summed E-state index contributed by atoms with van der Waals surface area (Å²) in [6.07, 6.45) is 2.61. The molecule has 4 amide bonds. The maximum absolute atomic E-state index is 13.1. The zero-order valence-electron chi connectivity index (χ0n) is 15.3. The predicted octanol–water partition coefficient (Wildman–Crippen LogP) is 1.01. The van der Waals surface area contributed by atoms with Gasteiger partial charge in [-0.05, 0) is 36.8 Å². The third-order valence-corrected chi connectivity index (χ3v) is 5.87. The second-order valence-corrected chi connectivity index (χ2v) is 7.12. The molecule has 140 valence electrons. The Balaban J connectivity index is 1.78. The molecule has 1 spiro atoms. The number of imide groups is 1. The largest absolute Gasteiger partial charge is 0.348 e. The van der Waals surface area contributed by atoms with Gasteiger partial charge in [-0.3, -0.25) is 14.5 Å². The van der Waals surface area contributed by atoms with Crippen LogP contribution in [0.2, 0.25) is 0 Å². The zero-order chi connectivity index (χ0) is 18.9. The quantitative estimate of drug-likeness (QED) is 0.660. The van der Waals surface area contributed by atoms with Crippen molar-refractivity contribution in [2.45, 2.75) is 50.6 Å². The Hall–Kier alpha value is -2.41. The number of carbonyl (C=O) groups is 3. The Morgan fingerprint density at radius 1 is 1.31 bits per heavy atom. The van der Waals surface area contributed by atoms with Crippen molar-refractivity contribution in [1.29, 1.82) is 0 Å². The Morgan fingerprint density at radius 3 is 2.65 bits per heavy atom.